The van der Waals surface area contributed by atoms with Gasteiger partial charge in [0.15, 0.2) is 5.16 Å². The van der Waals surface area contributed by atoms with E-state index in [1.807, 2.05) is 7.05 Å². The molecule has 2 N–H and O–H groups in total. The molecule has 2 atom stereocenters. The number of thioether (sulfide) groups is 1. The molecular formula is C11H18N4O2S. The summed E-state index contributed by atoms with van der Waals surface area (Å²) in [5, 5.41) is 6.80. The fourth-order valence-electron chi connectivity index (χ4n) is 2.23. The minimum absolute atomic E-state index is 0.445. The van der Waals surface area contributed by atoms with Gasteiger partial charge in [-0.15, -0.1) is 0 Å². The van der Waals surface area contributed by atoms with Crippen molar-refractivity contribution in [1.82, 2.24) is 20.1 Å². The predicted molar refractivity (Wildman–Crippen MR) is 71.1 cm³/mol. The van der Waals surface area contributed by atoms with Crippen molar-refractivity contribution in [3.63, 3.8) is 0 Å². The zero-order chi connectivity index (χ0) is 13.1. The molecule has 0 aromatic carbocycles. The van der Waals surface area contributed by atoms with Crippen LogP contribution in [0.1, 0.15) is 25.7 Å². The number of aromatic nitrogens is 3. The number of nitrogens with zero attached hydrogens (tertiary/aromatic N) is 2. The number of rotatable bonds is 3. The van der Waals surface area contributed by atoms with Crippen LogP contribution in [0.5, 0.6) is 0 Å². The van der Waals surface area contributed by atoms with Gasteiger partial charge in [0.25, 0.3) is 0 Å². The molecule has 1 heterocycles. The highest BCUT2D eigenvalue weighted by molar-refractivity contribution is 7.99. The van der Waals surface area contributed by atoms with E-state index in [0.29, 0.717) is 16.4 Å². The van der Waals surface area contributed by atoms with Crippen LogP contribution < -0.4 is 16.4 Å². The monoisotopic (exact) mass is 270 g/mol. The van der Waals surface area contributed by atoms with Gasteiger partial charge in [-0.05, 0) is 26.3 Å². The molecule has 1 fully saturated rings. The number of H-pyrrole nitrogens is 1. The minimum Gasteiger partial charge on any atom is -0.317 e. The van der Waals surface area contributed by atoms with Crippen molar-refractivity contribution >= 4 is 11.8 Å². The fourth-order valence-corrected chi connectivity index (χ4v) is 3.48. The second-order valence-corrected chi connectivity index (χ2v) is 5.86. The summed E-state index contributed by atoms with van der Waals surface area (Å²) in [4.78, 5) is 26.2. The highest BCUT2D eigenvalue weighted by Crippen LogP contribution is 2.31. The van der Waals surface area contributed by atoms with Gasteiger partial charge in [0.2, 0.25) is 0 Å². The third kappa shape index (κ3) is 3.02. The van der Waals surface area contributed by atoms with Gasteiger partial charge in [0.1, 0.15) is 0 Å². The van der Waals surface area contributed by atoms with Crippen molar-refractivity contribution < 1.29 is 0 Å². The summed E-state index contributed by atoms with van der Waals surface area (Å²) in [6, 6.07) is 0.538. The van der Waals surface area contributed by atoms with E-state index >= 15 is 0 Å². The summed E-state index contributed by atoms with van der Waals surface area (Å²) in [6.45, 7) is 0. The Bertz CT molecular complexity index is 525. The van der Waals surface area contributed by atoms with Gasteiger partial charge in [-0.1, -0.05) is 18.2 Å². The van der Waals surface area contributed by atoms with Gasteiger partial charge in [-0.3, -0.25) is 19.4 Å². The summed E-state index contributed by atoms with van der Waals surface area (Å²) in [6.07, 6.45) is 4.57. The van der Waals surface area contributed by atoms with Crippen molar-refractivity contribution in [2.75, 3.05) is 7.05 Å². The van der Waals surface area contributed by atoms with Crippen LogP contribution in [0, 0.1) is 0 Å². The first-order valence-electron chi connectivity index (χ1n) is 6.11. The Morgan fingerprint density at radius 1 is 1.44 bits per heavy atom. The molecule has 7 heteroatoms. The van der Waals surface area contributed by atoms with E-state index in [9.17, 15) is 9.59 Å². The van der Waals surface area contributed by atoms with Crippen LogP contribution in [-0.4, -0.2) is 33.1 Å². The van der Waals surface area contributed by atoms with Gasteiger partial charge in [-0.2, -0.15) is 4.98 Å². The molecule has 1 aromatic heterocycles. The van der Waals surface area contributed by atoms with Crippen molar-refractivity contribution in [1.29, 1.82) is 0 Å². The molecule has 0 spiro atoms. The van der Waals surface area contributed by atoms with Gasteiger partial charge >= 0.3 is 11.1 Å². The predicted octanol–water partition coefficient (Wildman–Crippen LogP) is 0.0913. The van der Waals surface area contributed by atoms with Crippen LogP contribution >= 0.6 is 11.8 Å². The first-order valence-corrected chi connectivity index (χ1v) is 6.99. The molecule has 0 radical (unpaired) electrons. The fraction of sp³-hybridized carbons (Fsp3) is 0.727. The van der Waals surface area contributed by atoms with Crippen molar-refractivity contribution in [2.45, 2.75) is 42.1 Å². The summed E-state index contributed by atoms with van der Waals surface area (Å²) in [5.74, 6) is 0. The first-order chi connectivity index (χ1) is 8.60. The lowest BCUT2D eigenvalue weighted by atomic mass is 9.95. The van der Waals surface area contributed by atoms with E-state index in [-0.39, 0.29) is 0 Å². The van der Waals surface area contributed by atoms with Crippen molar-refractivity contribution in [3.05, 3.63) is 20.7 Å². The maximum atomic E-state index is 11.3. The molecular weight excluding hydrogens is 252 g/mol. The minimum atomic E-state index is -0.712. The van der Waals surface area contributed by atoms with Crippen LogP contribution in [0.15, 0.2) is 14.7 Å². The second kappa shape index (κ2) is 5.71. The maximum Gasteiger partial charge on any atom is 0.339 e. The van der Waals surface area contributed by atoms with E-state index in [2.05, 4.69) is 15.4 Å². The topological polar surface area (TPSA) is 79.8 Å². The Labute approximate surface area is 109 Å². The molecule has 0 aliphatic heterocycles. The van der Waals surface area contributed by atoms with Gasteiger partial charge < -0.3 is 5.32 Å². The average Bonchev–Trinajstić information content (AvgIpc) is 2.36. The zero-order valence-corrected chi connectivity index (χ0v) is 11.4. The van der Waals surface area contributed by atoms with Crippen molar-refractivity contribution in [3.8, 4) is 0 Å². The maximum absolute atomic E-state index is 11.3. The molecule has 1 aliphatic rings. The molecule has 0 bridgehead atoms. The Morgan fingerprint density at radius 3 is 2.94 bits per heavy atom. The molecule has 1 aromatic rings. The zero-order valence-electron chi connectivity index (χ0n) is 10.6. The quantitative estimate of drug-likeness (QED) is 0.761. The lowest BCUT2D eigenvalue weighted by Gasteiger charge is -2.28. The lowest BCUT2D eigenvalue weighted by Crippen LogP contribution is -2.35. The summed E-state index contributed by atoms with van der Waals surface area (Å²) >= 11 is 1.57. The van der Waals surface area contributed by atoms with Gasteiger partial charge in [0.05, 0.1) is 0 Å². The number of aromatic amines is 1. The SMILES string of the molecule is CNC1CCCC(Sc2nc(=O)c(=O)[nH]n2C)C1. The van der Waals surface area contributed by atoms with Crippen LogP contribution in [0.4, 0.5) is 0 Å². The van der Waals surface area contributed by atoms with Gasteiger partial charge in [-0.25, -0.2) is 0 Å². The Hall–Kier alpha value is -1.08. The van der Waals surface area contributed by atoms with Crippen LogP contribution in [-0.2, 0) is 7.05 Å². The molecule has 100 valence electrons. The first kappa shape index (κ1) is 13.4. The summed E-state index contributed by atoms with van der Waals surface area (Å²) < 4.78 is 1.53. The largest absolute Gasteiger partial charge is 0.339 e. The number of hydrogen-bond acceptors (Lipinski definition) is 5. The summed E-state index contributed by atoms with van der Waals surface area (Å²) in [5.41, 5.74) is -1.38. The number of hydrogen-bond donors (Lipinski definition) is 2. The lowest BCUT2D eigenvalue weighted by molar-refractivity contribution is 0.401. The third-order valence-corrected chi connectivity index (χ3v) is 4.59. The molecule has 1 saturated carbocycles. The van der Waals surface area contributed by atoms with E-state index < -0.39 is 11.1 Å². The second-order valence-electron chi connectivity index (χ2n) is 4.59. The third-order valence-electron chi connectivity index (χ3n) is 3.25. The molecule has 6 nitrogen and oxygen atoms in total. The highest BCUT2D eigenvalue weighted by atomic mass is 32.2. The van der Waals surface area contributed by atoms with E-state index in [1.165, 1.54) is 17.5 Å². The van der Waals surface area contributed by atoms with Crippen LogP contribution in [0.3, 0.4) is 0 Å². The number of aryl methyl sites for hydroxylation is 1. The standard InChI is InChI=1S/C11H18N4O2S/c1-12-7-4-3-5-8(6-7)18-11-13-9(16)10(17)14-15(11)2/h7-8,12H,3-6H2,1-2H3,(H,14,17). The highest BCUT2D eigenvalue weighted by Gasteiger charge is 2.23. The molecule has 0 amide bonds. The van der Waals surface area contributed by atoms with Crippen molar-refractivity contribution in [2.24, 2.45) is 7.05 Å². The normalized spacial score (nSPS) is 24.1. The average molecular weight is 270 g/mol. The van der Waals surface area contributed by atoms with Crippen LogP contribution in [0.25, 0.3) is 0 Å². The summed E-state index contributed by atoms with van der Waals surface area (Å²) in [7, 11) is 3.68. The van der Waals surface area contributed by atoms with Crippen LogP contribution in [0.2, 0.25) is 0 Å². The molecule has 2 rings (SSSR count). The Balaban J connectivity index is 2.12. The Kier molecular flexibility index (Phi) is 4.23. The smallest absolute Gasteiger partial charge is 0.317 e. The molecule has 0 saturated heterocycles. The van der Waals surface area contributed by atoms with E-state index in [1.54, 1.807) is 18.8 Å². The van der Waals surface area contributed by atoms with E-state index in [4.69, 9.17) is 0 Å². The molecule has 1 aliphatic carbocycles. The van der Waals surface area contributed by atoms with Gasteiger partial charge in [0, 0.05) is 18.3 Å². The van der Waals surface area contributed by atoms with E-state index in [0.717, 1.165) is 12.8 Å². The molecule has 18 heavy (non-hydrogen) atoms. The molecule has 2 unspecified atom stereocenters. The Morgan fingerprint density at radius 2 is 2.22 bits per heavy atom. The number of nitrogens with one attached hydrogen (secondary N) is 2.